The second kappa shape index (κ2) is 21.2. The van der Waals surface area contributed by atoms with Gasteiger partial charge in [-0.1, -0.05) is 155 Å². The SMILES string of the molecule is CC(/C=C/C=C(C)/C=C/C=C(C)/C=C/CC(C)(C)O)=C\C=C\C=C(C)\C=C\C=C(C)\C=C\C=C(C)\C=C\C(O)C(C)(C)O. The van der Waals surface area contributed by atoms with E-state index in [1.807, 2.05) is 89.3 Å². The average Bonchev–Trinajstić information content (AvgIpc) is 2.88. The Morgan fingerprint density at radius 1 is 0.488 bits per heavy atom. The quantitative estimate of drug-likeness (QED) is 0.158. The average molecular weight is 585 g/mol. The Balaban J connectivity index is 4.83. The van der Waals surface area contributed by atoms with Crippen LogP contribution in [0, 0.1) is 0 Å². The van der Waals surface area contributed by atoms with Gasteiger partial charge in [-0.2, -0.15) is 0 Å². The molecule has 3 heteroatoms. The number of aliphatic hydroxyl groups excluding tert-OH is 1. The maximum Gasteiger partial charge on any atom is 0.101 e. The molecule has 0 saturated heterocycles. The molecule has 0 aliphatic heterocycles. The lowest BCUT2D eigenvalue weighted by Crippen LogP contribution is -2.34. The minimum atomic E-state index is -1.15. The second-order valence-electron chi connectivity index (χ2n) is 12.2. The van der Waals surface area contributed by atoms with Gasteiger partial charge in [-0.25, -0.2) is 0 Å². The predicted molar refractivity (Wildman–Crippen MR) is 190 cm³/mol. The number of hydrogen-bond donors (Lipinski definition) is 3. The molecule has 0 heterocycles. The second-order valence-corrected chi connectivity index (χ2v) is 12.2. The first-order valence-corrected chi connectivity index (χ1v) is 14.9. The largest absolute Gasteiger partial charge is 0.390 e. The van der Waals surface area contributed by atoms with Crippen molar-refractivity contribution < 1.29 is 15.3 Å². The summed E-state index contributed by atoms with van der Waals surface area (Å²) in [4.78, 5) is 0. The monoisotopic (exact) mass is 584 g/mol. The van der Waals surface area contributed by atoms with E-state index in [9.17, 15) is 15.3 Å². The fourth-order valence-electron chi connectivity index (χ4n) is 3.17. The maximum absolute atomic E-state index is 9.87. The summed E-state index contributed by atoms with van der Waals surface area (Å²) >= 11 is 0. The third-order valence-electron chi connectivity index (χ3n) is 5.97. The molecule has 0 fully saturated rings. The Bertz CT molecular complexity index is 1250. The van der Waals surface area contributed by atoms with E-state index in [0.29, 0.717) is 6.42 Å². The summed E-state index contributed by atoms with van der Waals surface area (Å²) in [5.74, 6) is 0. The van der Waals surface area contributed by atoms with E-state index >= 15 is 0 Å². The summed E-state index contributed by atoms with van der Waals surface area (Å²) < 4.78 is 0. The number of hydrogen-bond acceptors (Lipinski definition) is 3. The molecule has 0 aliphatic rings. The molecule has 0 saturated carbocycles. The molecule has 0 bridgehead atoms. The van der Waals surface area contributed by atoms with Gasteiger partial charge in [0.25, 0.3) is 0 Å². The van der Waals surface area contributed by atoms with E-state index in [-0.39, 0.29) is 0 Å². The Morgan fingerprint density at radius 2 is 0.791 bits per heavy atom. The number of rotatable bonds is 16. The van der Waals surface area contributed by atoms with Gasteiger partial charge in [0.15, 0.2) is 0 Å². The molecule has 3 nitrogen and oxygen atoms in total. The van der Waals surface area contributed by atoms with Gasteiger partial charge in [0.05, 0.1) is 11.2 Å². The number of allylic oxidation sites excluding steroid dienone is 24. The summed E-state index contributed by atoms with van der Waals surface area (Å²) in [5.41, 5.74) is 4.91. The van der Waals surface area contributed by atoms with Crippen LogP contribution in [0.4, 0.5) is 0 Å². The van der Waals surface area contributed by atoms with Crippen molar-refractivity contribution in [2.45, 2.75) is 93.0 Å². The molecular formula is C40H56O3. The first-order valence-electron chi connectivity index (χ1n) is 14.9. The lowest BCUT2D eigenvalue weighted by Gasteiger charge is -2.21. The highest BCUT2D eigenvalue weighted by Crippen LogP contribution is 2.11. The van der Waals surface area contributed by atoms with Crippen LogP contribution in [0.25, 0.3) is 0 Å². The molecular weight excluding hydrogens is 528 g/mol. The molecule has 0 aromatic heterocycles. The topological polar surface area (TPSA) is 60.7 Å². The van der Waals surface area contributed by atoms with Gasteiger partial charge in [0.1, 0.15) is 6.10 Å². The summed E-state index contributed by atoms with van der Waals surface area (Å²) in [7, 11) is 0. The molecule has 0 aromatic rings. The van der Waals surface area contributed by atoms with Crippen molar-refractivity contribution in [2.75, 3.05) is 0 Å². The Labute approximate surface area is 262 Å². The van der Waals surface area contributed by atoms with Gasteiger partial charge in [-0.3, -0.25) is 0 Å². The van der Waals surface area contributed by atoms with Crippen LogP contribution in [0.1, 0.15) is 75.7 Å². The highest BCUT2D eigenvalue weighted by Gasteiger charge is 2.21. The zero-order valence-electron chi connectivity index (χ0n) is 28.2. The molecule has 0 amide bonds. The molecule has 0 radical (unpaired) electrons. The van der Waals surface area contributed by atoms with Gasteiger partial charge in [0.2, 0.25) is 0 Å². The lowest BCUT2D eigenvalue weighted by atomic mass is 10.0. The molecule has 43 heavy (non-hydrogen) atoms. The first kappa shape index (κ1) is 39.5. The normalized spacial score (nSPS) is 17.1. The van der Waals surface area contributed by atoms with Gasteiger partial charge < -0.3 is 15.3 Å². The van der Waals surface area contributed by atoms with E-state index in [4.69, 9.17) is 0 Å². The van der Waals surface area contributed by atoms with Crippen LogP contribution in [-0.2, 0) is 0 Å². The van der Waals surface area contributed by atoms with Gasteiger partial charge in [0, 0.05) is 0 Å². The highest BCUT2D eigenvalue weighted by atomic mass is 16.3. The molecule has 0 rings (SSSR count). The summed E-state index contributed by atoms with van der Waals surface area (Å²) in [6.45, 7) is 19.0. The molecule has 0 aliphatic carbocycles. The van der Waals surface area contributed by atoms with Crippen LogP contribution in [0.3, 0.4) is 0 Å². The smallest absolute Gasteiger partial charge is 0.101 e. The van der Waals surface area contributed by atoms with Crippen LogP contribution in [0.5, 0.6) is 0 Å². The molecule has 0 aromatic carbocycles. The van der Waals surface area contributed by atoms with E-state index in [2.05, 4.69) is 75.5 Å². The summed E-state index contributed by atoms with van der Waals surface area (Å²) in [6.07, 6.45) is 40.0. The third kappa shape index (κ3) is 24.8. The highest BCUT2D eigenvalue weighted by molar-refractivity contribution is 5.33. The maximum atomic E-state index is 9.87. The van der Waals surface area contributed by atoms with Gasteiger partial charge in [-0.15, -0.1) is 0 Å². The van der Waals surface area contributed by atoms with Gasteiger partial charge >= 0.3 is 0 Å². The third-order valence-corrected chi connectivity index (χ3v) is 5.97. The Kier molecular flexibility index (Phi) is 19.5. The summed E-state index contributed by atoms with van der Waals surface area (Å²) in [5, 5.41) is 29.4. The summed E-state index contributed by atoms with van der Waals surface area (Å²) in [6, 6.07) is 0. The van der Waals surface area contributed by atoms with E-state index in [1.54, 1.807) is 26.0 Å². The predicted octanol–water partition coefficient (Wildman–Crippen LogP) is 9.85. The number of aliphatic hydroxyl groups is 3. The molecule has 1 unspecified atom stereocenters. The van der Waals surface area contributed by atoms with E-state index in [0.717, 1.165) is 33.4 Å². The van der Waals surface area contributed by atoms with Crippen LogP contribution in [-0.4, -0.2) is 32.6 Å². The molecule has 234 valence electrons. The molecule has 0 spiro atoms. The lowest BCUT2D eigenvalue weighted by molar-refractivity contribution is -0.0226. The zero-order chi connectivity index (χ0) is 32.9. The van der Waals surface area contributed by atoms with Crippen molar-refractivity contribution in [3.63, 3.8) is 0 Å². The Hall–Kier alpha value is -3.50. The zero-order valence-corrected chi connectivity index (χ0v) is 28.2. The Morgan fingerprint density at radius 3 is 1.12 bits per heavy atom. The van der Waals surface area contributed by atoms with E-state index in [1.165, 1.54) is 0 Å². The van der Waals surface area contributed by atoms with Crippen LogP contribution in [0.15, 0.2) is 155 Å². The first-order chi connectivity index (χ1) is 20.0. The fraction of sp³-hybridized carbons (Fsp3) is 0.350. The van der Waals surface area contributed by atoms with Crippen LogP contribution < -0.4 is 0 Å². The van der Waals surface area contributed by atoms with Crippen molar-refractivity contribution in [3.05, 3.63) is 155 Å². The van der Waals surface area contributed by atoms with Crippen molar-refractivity contribution in [1.29, 1.82) is 0 Å². The van der Waals surface area contributed by atoms with Crippen molar-refractivity contribution in [3.8, 4) is 0 Å². The minimum absolute atomic E-state index is 0.635. The molecule has 1 atom stereocenters. The van der Waals surface area contributed by atoms with Crippen LogP contribution >= 0.6 is 0 Å². The van der Waals surface area contributed by atoms with Crippen molar-refractivity contribution in [1.82, 2.24) is 0 Å². The van der Waals surface area contributed by atoms with Crippen LogP contribution in [0.2, 0.25) is 0 Å². The standard InChI is InChI=1S/C40H56O3/c1-32(20-13-22-34(3)24-15-26-36(5)28-17-31-39(7,8)42)18-11-12-19-33(2)21-14-23-35(4)25-16-27-37(6)29-30-38(41)40(9,10)43/h11-30,38,41-43H,31H2,1-10H3/b12-11+,20-13+,21-14+,24-15+,25-16+,28-17+,30-29+,32-18+,33-19+,34-22+,35-23+,36-26+,37-27+. The molecule has 3 N–H and O–H groups in total. The fourth-order valence-corrected chi connectivity index (χ4v) is 3.17. The van der Waals surface area contributed by atoms with E-state index < -0.39 is 17.3 Å². The van der Waals surface area contributed by atoms with Crippen molar-refractivity contribution >= 4 is 0 Å². The van der Waals surface area contributed by atoms with Crippen molar-refractivity contribution in [2.24, 2.45) is 0 Å². The van der Waals surface area contributed by atoms with Gasteiger partial charge in [-0.05, 0) is 75.7 Å². The minimum Gasteiger partial charge on any atom is -0.390 e.